The van der Waals surface area contributed by atoms with Crippen LogP contribution in [-0.2, 0) is 16.1 Å². The second kappa shape index (κ2) is 9.36. The Balaban J connectivity index is 1.95. The van der Waals surface area contributed by atoms with Gasteiger partial charge in [0.05, 0.1) is 5.69 Å². The largest absolute Gasteiger partial charge is 0.452 e. The van der Waals surface area contributed by atoms with Crippen molar-refractivity contribution in [1.82, 2.24) is 15.1 Å². The van der Waals surface area contributed by atoms with Gasteiger partial charge >= 0.3 is 5.97 Å². The van der Waals surface area contributed by atoms with E-state index >= 15 is 0 Å². The van der Waals surface area contributed by atoms with Crippen molar-refractivity contribution in [1.29, 1.82) is 0 Å². The summed E-state index contributed by atoms with van der Waals surface area (Å²) in [6.07, 6.45) is 0. The average molecular weight is 407 g/mol. The average Bonchev–Trinajstić information content (AvgIpc) is 2.92. The van der Waals surface area contributed by atoms with E-state index in [4.69, 9.17) is 16.3 Å². The molecule has 0 aliphatic heterocycles. The third-order valence-corrected chi connectivity index (χ3v) is 4.18. The van der Waals surface area contributed by atoms with Crippen LogP contribution in [0.3, 0.4) is 0 Å². The number of benzene rings is 1. The molecule has 1 heterocycles. The highest BCUT2D eigenvalue weighted by Crippen LogP contribution is 2.22. The van der Waals surface area contributed by atoms with E-state index in [0.29, 0.717) is 29.4 Å². The van der Waals surface area contributed by atoms with Gasteiger partial charge in [-0.05, 0) is 37.1 Å². The maximum atomic E-state index is 12.3. The van der Waals surface area contributed by atoms with E-state index in [1.54, 1.807) is 35.9 Å². The van der Waals surface area contributed by atoms with Crippen molar-refractivity contribution in [3.8, 4) is 0 Å². The number of aryl methyl sites for hydroxylation is 1. The molecule has 0 fully saturated rings. The van der Waals surface area contributed by atoms with E-state index < -0.39 is 18.5 Å². The van der Waals surface area contributed by atoms with E-state index in [-0.39, 0.29) is 16.6 Å². The Hall–Kier alpha value is -2.87. The number of ether oxygens (including phenoxy) is 1. The summed E-state index contributed by atoms with van der Waals surface area (Å²) in [7, 11) is 1.53. The van der Waals surface area contributed by atoms with Crippen LogP contribution in [0.4, 0.5) is 5.69 Å². The standard InChI is InChI=1S/C19H23ClN4O4/c1-11(2)9-24-17(20)16(12(3)23-24)19(27)28-10-15(25)22-14-7-5-13(6-8-14)18(26)21-4/h5-8,11H,9-10H2,1-4H3,(H,21,26)(H,22,25). The molecule has 0 bridgehead atoms. The number of nitrogens with one attached hydrogen (secondary N) is 2. The van der Waals surface area contributed by atoms with Gasteiger partial charge in [-0.25, -0.2) is 4.79 Å². The minimum Gasteiger partial charge on any atom is -0.452 e. The Morgan fingerprint density at radius 1 is 1.21 bits per heavy atom. The highest BCUT2D eigenvalue weighted by Gasteiger charge is 2.22. The fraction of sp³-hybridized carbons (Fsp3) is 0.368. The molecule has 0 aliphatic rings. The molecule has 2 amide bonds. The summed E-state index contributed by atoms with van der Waals surface area (Å²) in [5.41, 5.74) is 1.55. The number of aromatic nitrogens is 2. The second-order valence-electron chi connectivity index (χ2n) is 6.61. The van der Waals surface area contributed by atoms with Crippen LogP contribution in [0.25, 0.3) is 0 Å². The Morgan fingerprint density at radius 2 is 1.86 bits per heavy atom. The highest BCUT2D eigenvalue weighted by molar-refractivity contribution is 6.32. The third-order valence-electron chi connectivity index (χ3n) is 3.80. The lowest BCUT2D eigenvalue weighted by atomic mass is 10.2. The van der Waals surface area contributed by atoms with Gasteiger partial charge in [0.15, 0.2) is 6.61 Å². The normalized spacial score (nSPS) is 10.6. The van der Waals surface area contributed by atoms with Crippen LogP contribution < -0.4 is 10.6 Å². The molecule has 150 valence electrons. The van der Waals surface area contributed by atoms with Crippen molar-refractivity contribution >= 4 is 35.1 Å². The van der Waals surface area contributed by atoms with E-state index in [1.165, 1.54) is 7.05 Å². The van der Waals surface area contributed by atoms with Crippen LogP contribution in [0.15, 0.2) is 24.3 Å². The Labute approximate surface area is 168 Å². The van der Waals surface area contributed by atoms with E-state index in [1.807, 2.05) is 13.8 Å². The van der Waals surface area contributed by atoms with Gasteiger partial charge in [0, 0.05) is 24.8 Å². The molecule has 0 unspecified atom stereocenters. The van der Waals surface area contributed by atoms with Crippen molar-refractivity contribution in [2.24, 2.45) is 5.92 Å². The molecule has 28 heavy (non-hydrogen) atoms. The molecule has 2 N–H and O–H groups in total. The van der Waals surface area contributed by atoms with Crippen LogP contribution in [-0.4, -0.2) is 41.2 Å². The van der Waals surface area contributed by atoms with Crippen LogP contribution in [0, 0.1) is 12.8 Å². The molecule has 0 saturated carbocycles. The number of hydrogen-bond donors (Lipinski definition) is 2. The lowest BCUT2D eigenvalue weighted by molar-refractivity contribution is -0.119. The lowest BCUT2D eigenvalue weighted by Gasteiger charge is -2.08. The molecule has 0 atom stereocenters. The van der Waals surface area contributed by atoms with Crippen LogP contribution in [0.5, 0.6) is 0 Å². The van der Waals surface area contributed by atoms with Crippen molar-refractivity contribution in [3.63, 3.8) is 0 Å². The topological polar surface area (TPSA) is 102 Å². The zero-order chi connectivity index (χ0) is 20.8. The maximum absolute atomic E-state index is 12.3. The number of halogens is 1. The molecular weight excluding hydrogens is 384 g/mol. The number of carbonyl (C=O) groups is 3. The first kappa shape index (κ1) is 21.4. The predicted octanol–water partition coefficient (Wildman–Crippen LogP) is 2.66. The Kier molecular flexibility index (Phi) is 7.17. The summed E-state index contributed by atoms with van der Waals surface area (Å²) in [6, 6.07) is 6.32. The summed E-state index contributed by atoms with van der Waals surface area (Å²) in [6.45, 7) is 5.78. The number of anilines is 1. The van der Waals surface area contributed by atoms with Gasteiger partial charge in [-0.3, -0.25) is 14.3 Å². The van der Waals surface area contributed by atoms with Gasteiger partial charge in [0.25, 0.3) is 11.8 Å². The number of rotatable bonds is 7. The molecule has 1 aromatic heterocycles. The molecule has 0 spiro atoms. The molecule has 0 radical (unpaired) electrons. The second-order valence-corrected chi connectivity index (χ2v) is 6.97. The first-order valence-corrected chi connectivity index (χ1v) is 9.12. The van der Waals surface area contributed by atoms with Gasteiger partial charge in [-0.15, -0.1) is 0 Å². The van der Waals surface area contributed by atoms with Gasteiger partial charge in [0.2, 0.25) is 0 Å². The van der Waals surface area contributed by atoms with E-state index in [9.17, 15) is 14.4 Å². The number of carbonyl (C=O) groups excluding carboxylic acids is 3. The zero-order valence-corrected chi connectivity index (χ0v) is 17.0. The first-order valence-electron chi connectivity index (χ1n) is 8.75. The summed E-state index contributed by atoms with van der Waals surface area (Å²) in [5.74, 6) is -1.13. The van der Waals surface area contributed by atoms with Gasteiger partial charge in [-0.1, -0.05) is 25.4 Å². The van der Waals surface area contributed by atoms with Crippen molar-refractivity contribution in [2.75, 3.05) is 19.0 Å². The molecule has 0 saturated heterocycles. The van der Waals surface area contributed by atoms with Gasteiger partial charge in [0.1, 0.15) is 10.7 Å². The Morgan fingerprint density at radius 3 is 2.43 bits per heavy atom. The molecule has 8 nitrogen and oxygen atoms in total. The quantitative estimate of drug-likeness (QED) is 0.688. The van der Waals surface area contributed by atoms with Gasteiger partial charge in [-0.2, -0.15) is 5.10 Å². The predicted molar refractivity (Wildman–Crippen MR) is 106 cm³/mol. The number of esters is 1. The molecule has 2 aromatic rings. The summed E-state index contributed by atoms with van der Waals surface area (Å²) >= 11 is 6.23. The maximum Gasteiger partial charge on any atom is 0.343 e. The molecule has 9 heteroatoms. The minimum absolute atomic E-state index is 0.157. The molecule has 2 rings (SSSR count). The monoisotopic (exact) mass is 406 g/mol. The van der Waals surface area contributed by atoms with Crippen LogP contribution in [0.2, 0.25) is 5.15 Å². The fourth-order valence-electron chi connectivity index (χ4n) is 2.50. The highest BCUT2D eigenvalue weighted by atomic mass is 35.5. The minimum atomic E-state index is -0.706. The van der Waals surface area contributed by atoms with Crippen molar-refractivity contribution in [2.45, 2.75) is 27.3 Å². The summed E-state index contributed by atoms with van der Waals surface area (Å²) in [5, 5.41) is 9.54. The van der Waals surface area contributed by atoms with Crippen LogP contribution in [0.1, 0.15) is 40.3 Å². The molecule has 1 aromatic carbocycles. The number of nitrogens with zero attached hydrogens (tertiary/aromatic N) is 2. The SMILES string of the molecule is CNC(=O)c1ccc(NC(=O)COC(=O)c2c(C)nn(CC(C)C)c2Cl)cc1. The first-order chi connectivity index (χ1) is 13.2. The zero-order valence-electron chi connectivity index (χ0n) is 16.2. The van der Waals surface area contributed by atoms with Crippen molar-refractivity contribution in [3.05, 3.63) is 46.2 Å². The summed E-state index contributed by atoms with van der Waals surface area (Å²) in [4.78, 5) is 35.8. The van der Waals surface area contributed by atoms with Crippen molar-refractivity contribution < 1.29 is 19.1 Å². The lowest BCUT2D eigenvalue weighted by Crippen LogP contribution is -2.21. The number of amides is 2. The van der Waals surface area contributed by atoms with E-state index in [2.05, 4.69) is 15.7 Å². The third kappa shape index (κ3) is 5.32. The summed E-state index contributed by atoms with van der Waals surface area (Å²) < 4.78 is 6.62. The van der Waals surface area contributed by atoms with Gasteiger partial charge < -0.3 is 15.4 Å². The van der Waals surface area contributed by atoms with Crippen LogP contribution >= 0.6 is 11.6 Å². The Bertz CT molecular complexity index is 875. The molecular formula is C19H23ClN4O4. The smallest absolute Gasteiger partial charge is 0.343 e. The molecule has 0 aliphatic carbocycles. The number of hydrogen-bond acceptors (Lipinski definition) is 5. The fourth-order valence-corrected chi connectivity index (χ4v) is 2.82. The van der Waals surface area contributed by atoms with E-state index in [0.717, 1.165) is 0 Å².